The molecule has 0 unspecified atom stereocenters. The Labute approximate surface area is 123 Å². The van der Waals surface area contributed by atoms with Crippen molar-refractivity contribution >= 4 is 0 Å². The van der Waals surface area contributed by atoms with Crippen LogP contribution in [-0.2, 0) is 13.0 Å². The van der Waals surface area contributed by atoms with Gasteiger partial charge in [-0.25, -0.2) is 0 Å². The van der Waals surface area contributed by atoms with E-state index in [0.717, 1.165) is 23.5 Å². The van der Waals surface area contributed by atoms with Crippen molar-refractivity contribution in [2.24, 2.45) is 0 Å². The monoisotopic (exact) mass is 282 g/mol. The van der Waals surface area contributed by atoms with Gasteiger partial charge >= 0.3 is 0 Å². The average Bonchev–Trinajstić information content (AvgIpc) is 3.04. The van der Waals surface area contributed by atoms with Crippen molar-refractivity contribution in [2.75, 3.05) is 0 Å². The molecule has 5 heteroatoms. The second kappa shape index (κ2) is 5.52. The van der Waals surface area contributed by atoms with Gasteiger partial charge in [-0.15, -0.1) is 10.2 Å². The second-order valence-corrected chi connectivity index (χ2v) is 5.27. The van der Waals surface area contributed by atoms with Gasteiger partial charge in [0.2, 0.25) is 11.8 Å². The summed E-state index contributed by atoms with van der Waals surface area (Å²) in [7, 11) is 0. The fourth-order valence-corrected chi connectivity index (χ4v) is 2.27. The molecule has 5 nitrogen and oxygen atoms in total. The van der Waals surface area contributed by atoms with E-state index >= 15 is 0 Å². The molecule has 0 aliphatic heterocycles. The molecular formula is C16H18N4O. The molecule has 0 aliphatic carbocycles. The largest absolute Gasteiger partial charge is 0.421 e. The lowest BCUT2D eigenvalue weighted by Gasteiger charge is -2.01. The van der Waals surface area contributed by atoms with Crippen LogP contribution in [0.5, 0.6) is 0 Å². The first kappa shape index (κ1) is 13.5. The first-order chi connectivity index (χ1) is 10.1. The summed E-state index contributed by atoms with van der Waals surface area (Å²) in [5.74, 6) is 1.21. The van der Waals surface area contributed by atoms with Crippen molar-refractivity contribution in [1.82, 2.24) is 20.0 Å². The van der Waals surface area contributed by atoms with Crippen LogP contribution in [0, 0.1) is 20.8 Å². The van der Waals surface area contributed by atoms with Crippen LogP contribution in [0.2, 0.25) is 0 Å². The summed E-state index contributed by atoms with van der Waals surface area (Å²) >= 11 is 0. The van der Waals surface area contributed by atoms with Crippen LogP contribution < -0.4 is 0 Å². The number of aryl methyl sites for hydroxylation is 5. The first-order valence-corrected chi connectivity index (χ1v) is 7.02. The van der Waals surface area contributed by atoms with Crippen molar-refractivity contribution in [3.05, 3.63) is 53.2 Å². The number of hydrogen-bond donors (Lipinski definition) is 0. The summed E-state index contributed by atoms with van der Waals surface area (Å²) in [6.45, 7) is 6.84. The number of hydrogen-bond acceptors (Lipinski definition) is 4. The number of benzene rings is 1. The van der Waals surface area contributed by atoms with E-state index in [9.17, 15) is 0 Å². The van der Waals surface area contributed by atoms with Gasteiger partial charge in [-0.2, -0.15) is 5.10 Å². The Bertz CT molecular complexity index is 740. The third-order valence-electron chi connectivity index (χ3n) is 3.41. The SMILES string of the molecule is Cc1ccc(-c2nnc(CCn3nc(C)cc3C)o2)cc1. The molecule has 3 rings (SSSR count). The minimum absolute atomic E-state index is 0.568. The van der Waals surface area contributed by atoms with Crippen molar-refractivity contribution in [3.63, 3.8) is 0 Å². The summed E-state index contributed by atoms with van der Waals surface area (Å²) in [5, 5.41) is 12.6. The Balaban J connectivity index is 1.70. The highest BCUT2D eigenvalue weighted by molar-refractivity contribution is 5.52. The van der Waals surface area contributed by atoms with Crippen molar-refractivity contribution in [3.8, 4) is 11.5 Å². The molecule has 3 aromatic rings. The van der Waals surface area contributed by atoms with Gasteiger partial charge in [0.05, 0.1) is 5.69 Å². The molecule has 0 spiro atoms. The highest BCUT2D eigenvalue weighted by atomic mass is 16.4. The summed E-state index contributed by atoms with van der Waals surface area (Å²) in [5.41, 5.74) is 4.33. The van der Waals surface area contributed by atoms with Gasteiger partial charge in [0.15, 0.2) is 0 Å². The molecule has 2 aromatic heterocycles. The molecule has 0 saturated carbocycles. The smallest absolute Gasteiger partial charge is 0.247 e. The van der Waals surface area contributed by atoms with Crippen LogP contribution in [0.15, 0.2) is 34.7 Å². The Morgan fingerprint density at radius 3 is 2.48 bits per heavy atom. The van der Waals surface area contributed by atoms with Gasteiger partial charge in [-0.1, -0.05) is 17.7 Å². The van der Waals surface area contributed by atoms with Gasteiger partial charge in [0.1, 0.15) is 0 Å². The van der Waals surface area contributed by atoms with E-state index in [1.807, 2.05) is 42.8 Å². The zero-order chi connectivity index (χ0) is 14.8. The van der Waals surface area contributed by atoms with Gasteiger partial charge in [0.25, 0.3) is 0 Å². The van der Waals surface area contributed by atoms with E-state index in [1.54, 1.807) is 0 Å². The minimum Gasteiger partial charge on any atom is -0.421 e. The Kier molecular flexibility index (Phi) is 3.56. The highest BCUT2D eigenvalue weighted by Crippen LogP contribution is 2.18. The molecule has 0 fully saturated rings. The number of aromatic nitrogens is 4. The molecule has 1 aromatic carbocycles. The highest BCUT2D eigenvalue weighted by Gasteiger charge is 2.09. The molecule has 0 atom stereocenters. The number of nitrogens with zero attached hydrogens (tertiary/aromatic N) is 4. The first-order valence-electron chi connectivity index (χ1n) is 7.02. The third-order valence-corrected chi connectivity index (χ3v) is 3.41. The second-order valence-electron chi connectivity index (χ2n) is 5.27. The van der Waals surface area contributed by atoms with Gasteiger partial charge in [-0.3, -0.25) is 4.68 Å². The van der Waals surface area contributed by atoms with Gasteiger partial charge in [0, 0.05) is 24.2 Å². The Morgan fingerprint density at radius 2 is 1.81 bits per heavy atom. The molecule has 108 valence electrons. The van der Waals surface area contributed by atoms with Crippen LogP contribution in [0.25, 0.3) is 11.5 Å². The normalized spacial score (nSPS) is 11.0. The molecule has 0 bridgehead atoms. The lowest BCUT2D eigenvalue weighted by atomic mass is 10.1. The van der Waals surface area contributed by atoms with Crippen molar-refractivity contribution < 1.29 is 4.42 Å². The summed E-state index contributed by atoms with van der Waals surface area (Å²) < 4.78 is 7.68. The van der Waals surface area contributed by atoms with Gasteiger partial charge < -0.3 is 4.42 Å². The van der Waals surface area contributed by atoms with Crippen molar-refractivity contribution in [1.29, 1.82) is 0 Å². The Morgan fingerprint density at radius 1 is 1.05 bits per heavy atom. The topological polar surface area (TPSA) is 56.7 Å². The van der Waals surface area contributed by atoms with Crippen LogP contribution in [0.4, 0.5) is 0 Å². The Hall–Kier alpha value is -2.43. The fourth-order valence-electron chi connectivity index (χ4n) is 2.27. The summed E-state index contributed by atoms with van der Waals surface area (Å²) in [4.78, 5) is 0. The predicted molar refractivity (Wildman–Crippen MR) is 79.9 cm³/mol. The maximum absolute atomic E-state index is 5.71. The third kappa shape index (κ3) is 3.02. The molecule has 0 saturated heterocycles. The quantitative estimate of drug-likeness (QED) is 0.738. The van der Waals surface area contributed by atoms with E-state index < -0.39 is 0 Å². The standard InChI is InChI=1S/C16H18N4O/c1-11-4-6-14(7-5-11)16-18-17-15(21-16)8-9-20-13(3)10-12(2)19-20/h4-7,10H,8-9H2,1-3H3. The van der Waals surface area contributed by atoms with Gasteiger partial charge in [-0.05, 0) is 39.0 Å². The molecule has 2 heterocycles. The molecule has 0 aliphatic rings. The van der Waals surface area contributed by atoms with E-state index in [-0.39, 0.29) is 0 Å². The zero-order valence-corrected chi connectivity index (χ0v) is 12.5. The van der Waals surface area contributed by atoms with Crippen LogP contribution in [0.3, 0.4) is 0 Å². The number of rotatable bonds is 4. The lowest BCUT2D eigenvalue weighted by Crippen LogP contribution is -2.05. The molecule has 0 N–H and O–H groups in total. The van der Waals surface area contributed by atoms with Crippen LogP contribution in [0.1, 0.15) is 22.8 Å². The van der Waals surface area contributed by atoms with E-state index in [4.69, 9.17) is 4.42 Å². The van der Waals surface area contributed by atoms with E-state index in [2.05, 4.69) is 28.3 Å². The van der Waals surface area contributed by atoms with E-state index in [0.29, 0.717) is 18.2 Å². The minimum atomic E-state index is 0.568. The molecular weight excluding hydrogens is 264 g/mol. The maximum Gasteiger partial charge on any atom is 0.247 e. The van der Waals surface area contributed by atoms with Crippen molar-refractivity contribution in [2.45, 2.75) is 33.7 Å². The summed E-state index contributed by atoms with van der Waals surface area (Å²) in [6.07, 6.45) is 0.681. The van der Waals surface area contributed by atoms with Crippen LogP contribution in [-0.4, -0.2) is 20.0 Å². The zero-order valence-electron chi connectivity index (χ0n) is 12.5. The molecule has 21 heavy (non-hydrogen) atoms. The lowest BCUT2D eigenvalue weighted by molar-refractivity contribution is 0.471. The maximum atomic E-state index is 5.71. The molecule has 0 amide bonds. The summed E-state index contributed by atoms with van der Waals surface area (Å²) in [6, 6.07) is 10.1. The average molecular weight is 282 g/mol. The molecule has 0 radical (unpaired) electrons. The fraction of sp³-hybridized carbons (Fsp3) is 0.312. The van der Waals surface area contributed by atoms with E-state index in [1.165, 1.54) is 5.56 Å². The van der Waals surface area contributed by atoms with Crippen LogP contribution >= 0.6 is 0 Å². The predicted octanol–water partition coefficient (Wildman–Crippen LogP) is 3.10.